The molecular weight excluding hydrogens is 618 g/mol. The van der Waals surface area contributed by atoms with Crippen LogP contribution in [0.3, 0.4) is 0 Å². The van der Waals surface area contributed by atoms with Crippen molar-refractivity contribution in [1.82, 2.24) is 14.5 Å². The lowest BCUT2D eigenvalue weighted by Crippen LogP contribution is -2.50. The number of rotatable bonds is 14. The predicted octanol–water partition coefficient (Wildman–Crippen LogP) is 6.70. The van der Waals surface area contributed by atoms with Gasteiger partial charge in [0.2, 0.25) is 21.8 Å². The zero-order chi connectivity index (χ0) is 32.4. The third kappa shape index (κ3) is 9.30. The van der Waals surface area contributed by atoms with Crippen LogP contribution in [-0.2, 0) is 39.0 Å². The SMILES string of the molecule is O=C(NCCC1=CCCCC1)C(Cc1ccccc1)N(Cc1ccc(Cl)cc1)C(=O)CCc1ccc(S(=O)(=O)N2CCCC2)cc1. The first-order chi connectivity index (χ1) is 22.3. The molecule has 1 saturated heterocycles. The molecule has 244 valence electrons. The Morgan fingerprint density at radius 2 is 1.52 bits per heavy atom. The molecule has 1 N–H and O–H groups in total. The van der Waals surface area contributed by atoms with Crippen molar-refractivity contribution in [2.75, 3.05) is 19.6 Å². The first-order valence-electron chi connectivity index (χ1n) is 16.4. The van der Waals surface area contributed by atoms with Crippen LogP contribution in [0.5, 0.6) is 0 Å². The molecule has 0 aromatic heterocycles. The van der Waals surface area contributed by atoms with Gasteiger partial charge in [0.1, 0.15) is 6.04 Å². The van der Waals surface area contributed by atoms with Crippen molar-refractivity contribution in [1.29, 1.82) is 0 Å². The number of sulfonamides is 1. The van der Waals surface area contributed by atoms with Crippen molar-refractivity contribution >= 4 is 33.4 Å². The van der Waals surface area contributed by atoms with E-state index in [-0.39, 0.29) is 29.7 Å². The van der Waals surface area contributed by atoms with Gasteiger partial charge in [-0.1, -0.05) is 77.8 Å². The molecule has 0 bridgehead atoms. The van der Waals surface area contributed by atoms with Gasteiger partial charge < -0.3 is 10.2 Å². The van der Waals surface area contributed by atoms with Crippen LogP contribution < -0.4 is 5.32 Å². The highest BCUT2D eigenvalue weighted by molar-refractivity contribution is 7.89. The number of halogens is 1. The van der Waals surface area contributed by atoms with E-state index in [1.807, 2.05) is 42.5 Å². The highest BCUT2D eigenvalue weighted by atomic mass is 35.5. The lowest BCUT2D eigenvalue weighted by Gasteiger charge is -2.32. The van der Waals surface area contributed by atoms with E-state index in [9.17, 15) is 18.0 Å². The topological polar surface area (TPSA) is 86.8 Å². The molecule has 5 rings (SSSR count). The number of hydrogen-bond acceptors (Lipinski definition) is 4. The number of aryl methyl sites for hydroxylation is 1. The van der Waals surface area contributed by atoms with E-state index in [2.05, 4.69) is 11.4 Å². The van der Waals surface area contributed by atoms with Crippen LogP contribution in [0.4, 0.5) is 0 Å². The normalized spacial score (nSPS) is 16.1. The standard InChI is InChI=1S/C37H44ClN3O4S/c38-33-18-13-32(14-19-33)28-41(36(42)22-17-30-15-20-34(21-16-30)46(44,45)40-25-7-8-26-40)35(27-31-11-5-2-6-12-31)37(43)39-24-23-29-9-3-1-4-10-29/h2,5-6,9,11-16,18-21,35H,1,3-4,7-8,10,17,22-28H2,(H,39,43). The number of hydrogen-bond donors (Lipinski definition) is 1. The van der Waals surface area contributed by atoms with Gasteiger partial charge in [-0.2, -0.15) is 4.31 Å². The Morgan fingerprint density at radius 3 is 2.20 bits per heavy atom. The first kappa shape index (κ1) is 33.9. The molecule has 1 unspecified atom stereocenters. The monoisotopic (exact) mass is 661 g/mol. The summed E-state index contributed by atoms with van der Waals surface area (Å²) in [5.74, 6) is -0.311. The Morgan fingerprint density at radius 1 is 0.826 bits per heavy atom. The molecule has 2 aliphatic rings. The van der Waals surface area contributed by atoms with E-state index in [0.717, 1.165) is 48.8 Å². The number of amides is 2. The van der Waals surface area contributed by atoms with Crippen LogP contribution in [-0.4, -0.2) is 55.1 Å². The molecule has 9 heteroatoms. The summed E-state index contributed by atoms with van der Waals surface area (Å²) in [5, 5.41) is 3.75. The molecule has 0 spiro atoms. The van der Waals surface area contributed by atoms with Crippen LogP contribution >= 0.6 is 11.6 Å². The van der Waals surface area contributed by atoms with Gasteiger partial charge in [0.25, 0.3) is 0 Å². The van der Waals surface area contributed by atoms with Gasteiger partial charge >= 0.3 is 0 Å². The van der Waals surface area contributed by atoms with Gasteiger partial charge in [-0.15, -0.1) is 0 Å². The van der Waals surface area contributed by atoms with E-state index in [4.69, 9.17) is 11.6 Å². The Labute approximate surface area is 278 Å². The van der Waals surface area contributed by atoms with Gasteiger partial charge in [-0.05, 0) is 92.3 Å². The second-order valence-electron chi connectivity index (χ2n) is 12.3. The summed E-state index contributed by atoms with van der Waals surface area (Å²) < 4.78 is 27.5. The third-order valence-electron chi connectivity index (χ3n) is 8.92. The third-order valence-corrected chi connectivity index (χ3v) is 11.1. The summed E-state index contributed by atoms with van der Waals surface area (Å²) >= 11 is 6.16. The van der Waals surface area contributed by atoms with Gasteiger partial charge in [0.15, 0.2) is 0 Å². The molecule has 2 amide bonds. The van der Waals surface area contributed by atoms with Crippen LogP contribution in [0.15, 0.2) is 95.4 Å². The number of nitrogens with zero attached hydrogens (tertiary/aromatic N) is 2. The van der Waals surface area contributed by atoms with E-state index in [1.54, 1.807) is 41.3 Å². The maximum absolute atomic E-state index is 14.1. The van der Waals surface area contributed by atoms with E-state index in [1.165, 1.54) is 22.7 Å². The smallest absolute Gasteiger partial charge is 0.243 e. The van der Waals surface area contributed by atoms with Crippen LogP contribution in [0.25, 0.3) is 0 Å². The Balaban J connectivity index is 1.33. The first-order valence-corrected chi connectivity index (χ1v) is 18.2. The Bertz CT molecular complexity index is 1590. The van der Waals surface area contributed by atoms with Gasteiger partial charge in [-0.25, -0.2) is 8.42 Å². The highest BCUT2D eigenvalue weighted by Gasteiger charge is 2.31. The summed E-state index contributed by atoms with van der Waals surface area (Å²) in [4.78, 5) is 29.9. The minimum atomic E-state index is -3.50. The maximum Gasteiger partial charge on any atom is 0.243 e. The molecule has 1 aliphatic heterocycles. The summed E-state index contributed by atoms with van der Waals surface area (Å²) in [5.41, 5.74) is 4.11. The molecule has 46 heavy (non-hydrogen) atoms. The molecule has 3 aromatic rings. The van der Waals surface area contributed by atoms with E-state index in [0.29, 0.717) is 37.5 Å². The van der Waals surface area contributed by atoms with Crippen molar-refractivity contribution in [3.8, 4) is 0 Å². The summed E-state index contributed by atoms with van der Waals surface area (Å²) in [6.45, 7) is 1.90. The maximum atomic E-state index is 14.1. The van der Waals surface area contributed by atoms with Gasteiger partial charge in [0, 0.05) is 44.0 Å². The quantitative estimate of drug-likeness (QED) is 0.195. The van der Waals surface area contributed by atoms with Crippen LogP contribution in [0.2, 0.25) is 5.02 Å². The Hall–Kier alpha value is -3.46. The van der Waals surface area contributed by atoms with Crippen LogP contribution in [0, 0.1) is 0 Å². The number of carbonyl (C=O) groups is 2. The molecule has 1 fully saturated rings. The minimum absolute atomic E-state index is 0.144. The second kappa shape index (κ2) is 16.4. The van der Waals surface area contributed by atoms with Crippen molar-refractivity contribution in [2.24, 2.45) is 0 Å². The molecular formula is C37H44ClN3O4S. The lowest BCUT2D eigenvalue weighted by molar-refractivity contribution is -0.141. The molecule has 7 nitrogen and oxygen atoms in total. The number of nitrogens with one attached hydrogen (secondary N) is 1. The van der Waals surface area contributed by atoms with Crippen molar-refractivity contribution < 1.29 is 18.0 Å². The summed E-state index contributed by atoms with van der Waals surface area (Å²) in [6.07, 6.45) is 10.5. The zero-order valence-corrected chi connectivity index (χ0v) is 27.9. The molecule has 1 heterocycles. The van der Waals surface area contributed by atoms with Crippen LogP contribution in [0.1, 0.15) is 68.1 Å². The van der Waals surface area contributed by atoms with Crippen molar-refractivity contribution in [2.45, 2.75) is 81.7 Å². The van der Waals surface area contributed by atoms with Gasteiger partial charge in [0.05, 0.1) is 4.90 Å². The number of benzene rings is 3. The highest BCUT2D eigenvalue weighted by Crippen LogP contribution is 2.23. The molecule has 3 aromatic carbocycles. The molecule has 0 saturated carbocycles. The van der Waals surface area contributed by atoms with Crippen molar-refractivity contribution in [3.05, 3.63) is 112 Å². The number of allylic oxidation sites excluding steroid dienone is 1. The lowest BCUT2D eigenvalue weighted by atomic mass is 9.97. The largest absolute Gasteiger partial charge is 0.354 e. The average molecular weight is 662 g/mol. The molecule has 0 radical (unpaired) electrons. The molecule has 1 aliphatic carbocycles. The van der Waals surface area contributed by atoms with Gasteiger partial charge in [-0.3, -0.25) is 9.59 Å². The fourth-order valence-corrected chi connectivity index (χ4v) is 7.88. The number of carbonyl (C=O) groups excluding carboxylic acids is 2. The predicted molar refractivity (Wildman–Crippen MR) is 183 cm³/mol. The summed E-state index contributed by atoms with van der Waals surface area (Å²) in [7, 11) is -3.50. The Kier molecular flexibility index (Phi) is 12.1. The average Bonchev–Trinajstić information content (AvgIpc) is 3.64. The zero-order valence-electron chi connectivity index (χ0n) is 26.4. The second-order valence-corrected chi connectivity index (χ2v) is 14.6. The van der Waals surface area contributed by atoms with E-state index >= 15 is 0 Å². The summed E-state index contributed by atoms with van der Waals surface area (Å²) in [6, 6.07) is 23.3. The fraction of sp³-hybridized carbons (Fsp3) is 0.405. The fourth-order valence-electron chi connectivity index (χ4n) is 6.24. The minimum Gasteiger partial charge on any atom is -0.354 e. The van der Waals surface area contributed by atoms with E-state index < -0.39 is 16.1 Å². The van der Waals surface area contributed by atoms with Crippen molar-refractivity contribution in [3.63, 3.8) is 0 Å². The molecule has 1 atom stereocenters.